The first-order valence-electron chi connectivity index (χ1n) is 6.45. The van der Waals surface area contributed by atoms with Crippen molar-refractivity contribution in [3.8, 4) is 0 Å². The summed E-state index contributed by atoms with van der Waals surface area (Å²) in [6.45, 7) is 3.53. The Bertz CT molecular complexity index is 745. The van der Waals surface area contributed by atoms with Crippen LogP contribution in [0, 0.1) is 0 Å². The van der Waals surface area contributed by atoms with E-state index in [0.717, 1.165) is 0 Å². The van der Waals surface area contributed by atoms with E-state index in [1.54, 1.807) is 19.9 Å². The smallest absolute Gasteiger partial charge is 0.235 e. The van der Waals surface area contributed by atoms with Crippen LogP contribution in [0.4, 0.5) is 11.4 Å². The zero-order valence-electron chi connectivity index (χ0n) is 11.7. The molecule has 118 valence electrons. The van der Waals surface area contributed by atoms with Crippen molar-refractivity contribution in [2.24, 2.45) is 0 Å². The van der Waals surface area contributed by atoms with Crippen molar-refractivity contribution in [3.05, 3.63) is 23.2 Å². The quantitative estimate of drug-likeness (QED) is 0.898. The number of sulfonamides is 2. The lowest BCUT2D eigenvalue weighted by atomic mass is 10.3. The monoisotopic (exact) mass is 352 g/mol. The van der Waals surface area contributed by atoms with Crippen LogP contribution in [0.1, 0.15) is 20.3 Å². The summed E-state index contributed by atoms with van der Waals surface area (Å²) >= 11 is 6.06. The maximum atomic E-state index is 11.8. The molecular formula is C12H17ClN2O4S2. The van der Waals surface area contributed by atoms with Gasteiger partial charge in [0.05, 0.1) is 27.4 Å². The molecule has 2 rings (SSSR count). The Morgan fingerprint density at radius 1 is 1.33 bits per heavy atom. The second kappa shape index (κ2) is 5.66. The Labute approximate surface area is 130 Å². The van der Waals surface area contributed by atoms with E-state index in [1.807, 2.05) is 0 Å². The van der Waals surface area contributed by atoms with Gasteiger partial charge in [-0.05, 0) is 38.5 Å². The topological polar surface area (TPSA) is 83.6 Å². The molecule has 6 nitrogen and oxygen atoms in total. The van der Waals surface area contributed by atoms with Gasteiger partial charge in [-0.15, -0.1) is 0 Å². The van der Waals surface area contributed by atoms with E-state index in [9.17, 15) is 16.8 Å². The van der Waals surface area contributed by atoms with E-state index in [-0.39, 0.29) is 16.5 Å². The highest BCUT2D eigenvalue weighted by Gasteiger charge is 2.29. The molecular weight excluding hydrogens is 336 g/mol. The molecule has 0 unspecified atom stereocenters. The molecule has 1 aromatic carbocycles. The van der Waals surface area contributed by atoms with Crippen LogP contribution in [0.5, 0.6) is 0 Å². The molecule has 1 aliphatic rings. The summed E-state index contributed by atoms with van der Waals surface area (Å²) in [5.74, 6) is 0.117. The van der Waals surface area contributed by atoms with E-state index < -0.39 is 25.3 Å². The Hall–Kier alpha value is -0.990. The van der Waals surface area contributed by atoms with Crippen LogP contribution in [-0.2, 0) is 20.0 Å². The van der Waals surface area contributed by atoms with Crippen molar-refractivity contribution in [1.82, 2.24) is 0 Å². The van der Waals surface area contributed by atoms with Crippen LogP contribution in [0.25, 0.3) is 0 Å². The molecule has 1 N–H and O–H groups in total. The third-order valence-corrected chi connectivity index (χ3v) is 7.14. The van der Waals surface area contributed by atoms with Crippen LogP contribution < -0.4 is 9.03 Å². The van der Waals surface area contributed by atoms with Crippen molar-refractivity contribution in [2.45, 2.75) is 25.5 Å². The number of nitrogens with one attached hydrogen (secondary N) is 1. The van der Waals surface area contributed by atoms with E-state index in [1.165, 1.54) is 16.4 Å². The summed E-state index contributed by atoms with van der Waals surface area (Å²) < 4.78 is 51.0. The standard InChI is InChI=1S/C12H17ClN2O4S2/c1-9(2)21(18,19)14-12-5-4-10(8-11(12)13)15-6-3-7-20(15,16)17/h4-5,8-9,14H,3,6-7H2,1-2H3. The first-order valence-corrected chi connectivity index (χ1v) is 9.98. The first kappa shape index (κ1) is 16.4. The third-order valence-electron chi connectivity index (χ3n) is 3.21. The summed E-state index contributed by atoms with van der Waals surface area (Å²) in [6, 6.07) is 4.49. The Kier molecular flexibility index (Phi) is 4.41. The molecule has 1 fully saturated rings. The minimum atomic E-state index is -3.49. The predicted octanol–water partition coefficient (Wildman–Crippen LogP) is 2.03. The average Bonchev–Trinajstić information content (AvgIpc) is 2.71. The number of hydrogen-bond donors (Lipinski definition) is 1. The lowest BCUT2D eigenvalue weighted by Crippen LogP contribution is -2.25. The normalized spacial score (nSPS) is 18.2. The molecule has 0 aromatic heterocycles. The molecule has 1 heterocycles. The number of nitrogens with zero attached hydrogens (tertiary/aromatic N) is 1. The van der Waals surface area contributed by atoms with Gasteiger partial charge in [-0.1, -0.05) is 11.6 Å². The average molecular weight is 353 g/mol. The summed E-state index contributed by atoms with van der Waals surface area (Å²) in [7, 11) is -6.78. The summed E-state index contributed by atoms with van der Waals surface area (Å²) in [4.78, 5) is 0. The molecule has 0 amide bonds. The fourth-order valence-corrected chi connectivity index (χ4v) is 4.50. The van der Waals surface area contributed by atoms with Gasteiger partial charge >= 0.3 is 0 Å². The Morgan fingerprint density at radius 3 is 2.48 bits per heavy atom. The van der Waals surface area contributed by atoms with Gasteiger partial charge in [0, 0.05) is 6.54 Å². The molecule has 0 spiro atoms. The number of rotatable bonds is 4. The molecule has 0 aliphatic carbocycles. The highest BCUT2D eigenvalue weighted by molar-refractivity contribution is 7.93. The number of anilines is 2. The van der Waals surface area contributed by atoms with Crippen LogP contribution in [0.3, 0.4) is 0 Å². The number of benzene rings is 1. The minimum Gasteiger partial charge on any atom is -0.282 e. The van der Waals surface area contributed by atoms with Crippen LogP contribution >= 0.6 is 11.6 Å². The molecule has 9 heteroatoms. The molecule has 0 radical (unpaired) electrons. The third kappa shape index (κ3) is 3.44. The summed E-state index contributed by atoms with van der Waals surface area (Å²) in [5, 5.41) is -0.425. The zero-order chi connectivity index (χ0) is 15.8. The maximum Gasteiger partial charge on any atom is 0.235 e. The van der Waals surface area contributed by atoms with Crippen molar-refractivity contribution >= 4 is 43.0 Å². The largest absolute Gasteiger partial charge is 0.282 e. The van der Waals surface area contributed by atoms with Crippen LogP contribution in [0.2, 0.25) is 5.02 Å². The molecule has 1 aromatic rings. The molecule has 0 bridgehead atoms. The second-order valence-corrected chi connectivity index (χ2v) is 9.76. The van der Waals surface area contributed by atoms with E-state index >= 15 is 0 Å². The molecule has 1 saturated heterocycles. The van der Waals surface area contributed by atoms with Crippen molar-refractivity contribution in [2.75, 3.05) is 21.3 Å². The zero-order valence-corrected chi connectivity index (χ0v) is 14.1. The van der Waals surface area contributed by atoms with Gasteiger partial charge in [-0.3, -0.25) is 9.03 Å². The minimum absolute atomic E-state index is 0.117. The van der Waals surface area contributed by atoms with E-state index in [2.05, 4.69) is 4.72 Å². The highest BCUT2D eigenvalue weighted by atomic mass is 35.5. The van der Waals surface area contributed by atoms with Crippen LogP contribution in [0.15, 0.2) is 18.2 Å². The fraction of sp³-hybridized carbons (Fsp3) is 0.500. The lowest BCUT2D eigenvalue weighted by molar-refractivity contribution is 0.592. The van der Waals surface area contributed by atoms with E-state index in [4.69, 9.17) is 11.6 Å². The van der Waals surface area contributed by atoms with E-state index in [0.29, 0.717) is 18.7 Å². The van der Waals surface area contributed by atoms with Crippen molar-refractivity contribution in [1.29, 1.82) is 0 Å². The molecule has 1 aliphatic heterocycles. The molecule has 21 heavy (non-hydrogen) atoms. The summed E-state index contributed by atoms with van der Waals surface area (Å²) in [6.07, 6.45) is 0.571. The van der Waals surface area contributed by atoms with Crippen molar-refractivity contribution < 1.29 is 16.8 Å². The molecule has 0 saturated carbocycles. The van der Waals surface area contributed by atoms with Gasteiger partial charge in [0.2, 0.25) is 20.0 Å². The summed E-state index contributed by atoms with van der Waals surface area (Å²) in [5.41, 5.74) is 0.690. The SMILES string of the molecule is CC(C)S(=O)(=O)Nc1ccc(N2CCCS2(=O)=O)cc1Cl. The van der Waals surface area contributed by atoms with Gasteiger partial charge in [0.15, 0.2) is 0 Å². The lowest BCUT2D eigenvalue weighted by Gasteiger charge is -2.18. The Balaban J connectivity index is 2.31. The highest BCUT2D eigenvalue weighted by Crippen LogP contribution is 2.31. The predicted molar refractivity (Wildman–Crippen MR) is 84.9 cm³/mol. The maximum absolute atomic E-state index is 11.8. The van der Waals surface area contributed by atoms with Gasteiger partial charge in [0.25, 0.3) is 0 Å². The Morgan fingerprint density at radius 2 is 2.00 bits per heavy atom. The van der Waals surface area contributed by atoms with Crippen molar-refractivity contribution in [3.63, 3.8) is 0 Å². The fourth-order valence-electron chi connectivity index (χ4n) is 1.94. The van der Waals surface area contributed by atoms with Gasteiger partial charge < -0.3 is 0 Å². The second-order valence-electron chi connectivity index (χ2n) is 5.10. The van der Waals surface area contributed by atoms with Gasteiger partial charge in [-0.25, -0.2) is 16.8 Å². The number of hydrogen-bond acceptors (Lipinski definition) is 4. The molecule has 0 atom stereocenters. The van der Waals surface area contributed by atoms with Gasteiger partial charge in [-0.2, -0.15) is 0 Å². The van der Waals surface area contributed by atoms with Gasteiger partial charge in [0.1, 0.15) is 0 Å². The van der Waals surface area contributed by atoms with Crippen LogP contribution in [-0.4, -0.2) is 34.4 Å². The number of halogens is 1. The first-order chi connectivity index (χ1) is 9.63.